The second-order valence-corrected chi connectivity index (χ2v) is 5.57. The van der Waals surface area contributed by atoms with Crippen LogP contribution >= 0.6 is 0 Å². The van der Waals surface area contributed by atoms with Gasteiger partial charge < -0.3 is 14.3 Å². The van der Waals surface area contributed by atoms with Crippen LogP contribution in [-0.2, 0) is 0 Å². The standard InChI is InChI=1S/C20H15N3O3/c1-25-15-11-9-14(10-12-15)19-21-18(20(24)26-19)23-22-17-8-4-6-13-5-2-3-7-16(13)17/h2-12,24H,1H3. The van der Waals surface area contributed by atoms with Crippen LogP contribution in [0.15, 0.2) is 81.4 Å². The Morgan fingerprint density at radius 3 is 2.50 bits per heavy atom. The topological polar surface area (TPSA) is 80.2 Å². The zero-order valence-corrected chi connectivity index (χ0v) is 14.0. The van der Waals surface area contributed by atoms with E-state index in [2.05, 4.69) is 15.2 Å². The molecule has 1 N–H and O–H groups in total. The molecule has 0 atom stereocenters. The van der Waals surface area contributed by atoms with Gasteiger partial charge in [-0.05, 0) is 35.7 Å². The van der Waals surface area contributed by atoms with Crippen LogP contribution in [0, 0.1) is 0 Å². The normalized spacial score (nSPS) is 11.3. The van der Waals surface area contributed by atoms with E-state index in [1.54, 1.807) is 31.4 Å². The van der Waals surface area contributed by atoms with Gasteiger partial charge in [0.2, 0.25) is 5.89 Å². The molecule has 0 amide bonds. The van der Waals surface area contributed by atoms with Gasteiger partial charge in [-0.2, -0.15) is 4.98 Å². The smallest absolute Gasteiger partial charge is 0.332 e. The minimum absolute atomic E-state index is 0.0313. The van der Waals surface area contributed by atoms with E-state index in [0.717, 1.165) is 16.5 Å². The van der Waals surface area contributed by atoms with Gasteiger partial charge in [-0.1, -0.05) is 36.4 Å². The van der Waals surface area contributed by atoms with E-state index in [9.17, 15) is 5.11 Å². The number of benzene rings is 3. The Morgan fingerprint density at radius 2 is 1.69 bits per heavy atom. The van der Waals surface area contributed by atoms with Crippen LogP contribution in [0.5, 0.6) is 11.7 Å². The van der Waals surface area contributed by atoms with Gasteiger partial charge in [0.05, 0.1) is 12.8 Å². The molecular formula is C20H15N3O3. The van der Waals surface area contributed by atoms with Crippen molar-refractivity contribution >= 4 is 22.3 Å². The first-order valence-electron chi connectivity index (χ1n) is 7.98. The lowest BCUT2D eigenvalue weighted by Crippen LogP contribution is -1.82. The number of oxazole rings is 1. The van der Waals surface area contributed by atoms with E-state index >= 15 is 0 Å². The fourth-order valence-corrected chi connectivity index (χ4v) is 2.62. The maximum Gasteiger partial charge on any atom is 0.332 e. The largest absolute Gasteiger partial charge is 0.497 e. The highest BCUT2D eigenvalue weighted by Gasteiger charge is 2.14. The Morgan fingerprint density at radius 1 is 0.923 bits per heavy atom. The molecule has 128 valence electrons. The minimum atomic E-state index is -0.375. The Hall–Kier alpha value is -3.67. The van der Waals surface area contributed by atoms with E-state index < -0.39 is 0 Å². The molecule has 0 aliphatic carbocycles. The van der Waals surface area contributed by atoms with Crippen LogP contribution in [0.3, 0.4) is 0 Å². The van der Waals surface area contributed by atoms with Gasteiger partial charge in [0.25, 0.3) is 5.82 Å². The predicted molar refractivity (Wildman–Crippen MR) is 98.3 cm³/mol. The molecule has 0 aliphatic rings. The second-order valence-electron chi connectivity index (χ2n) is 5.57. The molecule has 0 bridgehead atoms. The summed E-state index contributed by atoms with van der Waals surface area (Å²) in [7, 11) is 1.59. The summed E-state index contributed by atoms with van der Waals surface area (Å²) in [5.41, 5.74) is 1.39. The van der Waals surface area contributed by atoms with Crippen molar-refractivity contribution in [2.45, 2.75) is 0 Å². The highest BCUT2D eigenvalue weighted by atomic mass is 16.5. The van der Waals surface area contributed by atoms with Crippen molar-refractivity contribution in [1.82, 2.24) is 4.98 Å². The van der Waals surface area contributed by atoms with Crippen LogP contribution in [0.1, 0.15) is 0 Å². The first-order chi connectivity index (χ1) is 12.7. The van der Waals surface area contributed by atoms with Gasteiger partial charge in [0.15, 0.2) is 0 Å². The number of fused-ring (bicyclic) bond motifs is 1. The summed E-state index contributed by atoms with van der Waals surface area (Å²) in [5.74, 6) is 0.640. The lowest BCUT2D eigenvalue weighted by molar-refractivity contribution is 0.338. The summed E-state index contributed by atoms with van der Waals surface area (Å²) in [5, 5.41) is 20.3. The molecule has 4 rings (SSSR count). The van der Waals surface area contributed by atoms with Crippen molar-refractivity contribution in [3.8, 4) is 23.1 Å². The van der Waals surface area contributed by atoms with Crippen LogP contribution in [-0.4, -0.2) is 17.2 Å². The van der Waals surface area contributed by atoms with Crippen molar-refractivity contribution < 1.29 is 14.3 Å². The highest BCUT2D eigenvalue weighted by Crippen LogP contribution is 2.34. The van der Waals surface area contributed by atoms with Crippen molar-refractivity contribution in [3.05, 3.63) is 66.7 Å². The Bertz CT molecular complexity index is 1080. The summed E-state index contributed by atoms with van der Waals surface area (Å²) >= 11 is 0. The lowest BCUT2D eigenvalue weighted by atomic mass is 10.1. The summed E-state index contributed by atoms with van der Waals surface area (Å²) in [6.07, 6.45) is 0. The molecule has 0 unspecified atom stereocenters. The molecule has 0 fully saturated rings. The van der Waals surface area contributed by atoms with Gasteiger partial charge in [-0.25, -0.2) is 0 Å². The minimum Gasteiger partial charge on any atom is -0.497 e. The van der Waals surface area contributed by atoms with Gasteiger partial charge in [-0.15, -0.1) is 10.2 Å². The summed E-state index contributed by atoms with van der Waals surface area (Å²) in [6.45, 7) is 0. The number of methoxy groups -OCH3 is 1. The van der Waals surface area contributed by atoms with Crippen molar-refractivity contribution in [2.24, 2.45) is 10.2 Å². The van der Waals surface area contributed by atoms with Crippen LogP contribution in [0.2, 0.25) is 0 Å². The van der Waals surface area contributed by atoms with E-state index in [4.69, 9.17) is 9.15 Å². The highest BCUT2D eigenvalue weighted by molar-refractivity contribution is 5.92. The quantitative estimate of drug-likeness (QED) is 0.486. The van der Waals surface area contributed by atoms with Crippen molar-refractivity contribution in [3.63, 3.8) is 0 Å². The maximum atomic E-state index is 9.98. The molecular weight excluding hydrogens is 330 g/mol. The molecule has 3 aromatic carbocycles. The molecule has 0 aliphatic heterocycles. The number of rotatable bonds is 4. The number of aromatic hydroxyl groups is 1. The SMILES string of the molecule is COc1ccc(-c2nc(N=Nc3cccc4ccccc34)c(O)o2)cc1. The second kappa shape index (κ2) is 6.68. The van der Waals surface area contributed by atoms with Crippen LogP contribution in [0.4, 0.5) is 11.5 Å². The number of hydrogen-bond donors (Lipinski definition) is 1. The number of nitrogens with zero attached hydrogens (tertiary/aromatic N) is 3. The Balaban J connectivity index is 1.66. The van der Waals surface area contributed by atoms with E-state index in [-0.39, 0.29) is 17.7 Å². The zero-order chi connectivity index (χ0) is 17.9. The average Bonchev–Trinajstić information content (AvgIpc) is 3.07. The Labute approximate surface area is 149 Å². The average molecular weight is 345 g/mol. The molecule has 0 saturated carbocycles. The lowest BCUT2D eigenvalue weighted by Gasteiger charge is -1.99. The molecule has 0 saturated heterocycles. The molecule has 26 heavy (non-hydrogen) atoms. The zero-order valence-electron chi connectivity index (χ0n) is 14.0. The van der Waals surface area contributed by atoms with Gasteiger partial charge in [-0.3, -0.25) is 0 Å². The van der Waals surface area contributed by atoms with Crippen molar-refractivity contribution in [1.29, 1.82) is 0 Å². The third kappa shape index (κ3) is 3.00. The van der Waals surface area contributed by atoms with E-state index in [1.165, 1.54) is 0 Å². The third-order valence-corrected chi connectivity index (χ3v) is 3.95. The van der Waals surface area contributed by atoms with Crippen LogP contribution < -0.4 is 4.74 Å². The molecule has 1 heterocycles. The number of azo groups is 1. The number of aromatic nitrogens is 1. The summed E-state index contributed by atoms with van der Waals surface area (Å²) in [4.78, 5) is 4.21. The molecule has 0 spiro atoms. The predicted octanol–water partition coefficient (Wildman–Crippen LogP) is 5.62. The third-order valence-electron chi connectivity index (χ3n) is 3.95. The first-order valence-corrected chi connectivity index (χ1v) is 7.98. The van der Waals surface area contributed by atoms with Crippen molar-refractivity contribution in [2.75, 3.05) is 7.11 Å². The van der Waals surface area contributed by atoms with Gasteiger partial charge in [0.1, 0.15) is 5.75 Å². The molecule has 4 aromatic rings. The monoisotopic (exact) mass is 345 g/mol. The molecule has 1 aromatic heterocycles. The molecule has 0 radical (unpaired) electrons. The summed E-state index contributed by atoms with van der Waals surface area (Å²) in [6, 6.07) is 20.8. The summed E-state index contributed by atoms with van der Waals surface area (Å²) < 4.78 is 10.4. The first kappa shape index (κ1) is 15.8. The molecule has 6 heteroatoms. The Kier molecular flexibility index (Phi) is 4.07. The fourth-order valence-electron chi connectivity index (χ4n) is 2.62. The van der Waals surface area contributed by atoms with Gasteiger partial charge in [0, 0.05) is 10.9 Å². The van der Waals surface area contributed by atoms with E-state index in [0.29, 0.717) is 11.3 Å². The van der Waals surface area contributed by atoms with Gasteiger partial charge >= 0.3 is 5.95 Å². The molecule has 6 nitrogen and oxygen atoms in total. The number of hydrogen-bond acceptors (Lipinski definition) is 6. The fraction of sp³-hybridized carbons (Fsp3) is 0.0500. The number of ether oxygens (including phenoxy) is 1. The maximum absolute atomic E-state index is 9.98. The van der Waals surface area contributed by atoms with E-state index in [1.807, 2.05) is 42.5 Å². The van der Waals surface area contributed by atoms with Crippen LogP contribution in [0.25, 0.3) is 22.2 Å².